The highest BCUT2D eigenvalue weighted by Gasteiger charge is 2.46. The molecule has 0 radical (unpaired) electrons. The van der Waals surface area contributed by atoms with E-state index in [1.807, 2.05) is 0 Å². The molecule has 4 rings (SSSR count). The summed E-state index contributed by atoms with van der Waals surface area (Å²) >= 11 is 0. The standard InChI is InChI=1S/C18H29N5/c1-2-5-15-13-10-14(16-6-3-4-9-23(15)16)12-22(11-13)18-20-8-7-17(19)21-18/h7-8,13-16H,2-6,9-12H2,1H3,(H2,19,20,21)/t13-,14+,15-,16-/m0/s1. The molecule has 3 fully saturated rings. The molecule has 0 unspecified atom stereocenters. The average Bonchev–Trinajstić information content (AvgIpc) is 2.58. The van der Waals surface area contributed by atoms with Crippen LogP contribution in [0.3, 0.4) is 0 Å². The van der Waals surface area contributed by atoms with Gasteiger partial charge in [-0.15, -0.1) is 0 Å². The number of nitrogen functional groups attached to an aromatic ring is 1. The molecule has 0 amide bonds. The summed E-state index contributed by atoms with van der Waals surface area (Å²) in [5.41, 5.74) is 5.88. The molecule has 3 saturated heterocycles. The number of fused-ring (bicyclic) bond motifs is 4. The number of hydrogen-bond donors (Lipinski definition) is 1. The van der Waals surface area contributed by atoms with E-state index in [0.717, 1.165) is 43.0 Å². The van der Waals surface area contributed by atoms with Crippen LogP contribution >= 0.6 is 0 Å². The fourth-order valence-corrected chi connectivity index (χ4v) is 5.28. The first-order valence-electron chi connectivity index (χ1n) is 9.35. The predicted molar refractivity (Wildman–Crippen MR) is 93.3 cm³/mol. The third-order valence-corrected chi connectivity index (χ3v) is 6.15. The average molecular weight is 315 g/mol. The van der Waals surface area contributed by atoms with Crippen LogP contribution in [0.1, 0.15) is 45.4 Å². The van der Waals surface area contributed by atoms with Gasteiger partial charge in [0.05, 0.1) is 0 Å². The summed E-state index contributed by atoms with van der Waals surface area (Å²) in [5.74, 6) is 2.94. The van der Waals surface area contributed by atoms with Crippen molar-refractivity contribution in [2.75, 3.05) is 30.3 Å². The summed E-state index contributed by atoms with van der Waals surface area (Å²) in [6.45, 7) is 5.83. The zero-order valence-corrected chi connectivity index (χ0v) is 14.2. The van der Waals surface area contributed by atoms with Crippen molar-refractivity contribution in [1.29, 1.82) is 0 Å². The molecule has 5 heteroatoms. The molecule has 0 spiro atoms. The number of nitrogens with zero attached hydrogens (tertiary/aromatic N) is 4. The molecule has 4 atom stereocenters. The Labute approximate surface area is 139 Å². The smallest absolute Gasteiger partial charge is 0.227 e. The summed E-state index contributed by atoms with van der Waals surface area (Å²) in [5, 5.41) is 0. The molecular weight excluding hydrogens is 286 g/mol. The molecule has 3 aliphatic rings. The number of nitrogens with two attached hydrogens (primary N) is 1. The lowest BCUT2D eigenvalue weighted by molar-refractivity contribution is -0.0355. The summed E-state index contributed by atoms with van der Waals surface area (Å²) in [6.07, 6.45) is 9.96. The van der Waals surface area contributed by atoms with E-state index in [9.17, 15) is 0 Å². The van der Waals surface area contributed by atoms with Crippen LogP contribution in [0.4, 0.5) is 11.8 Å². The van der Waals surface area contributed by atoms with Gasteiger partial charge in [-0.3, -0.25) is 4.90 Å². The maximum absolute atomic E-state index is 5.88. The van der Waals surface area contributed by atoms with Gasteiger partial charge in [-0.25, -0.2) is 4.98 Å². The van der Waals surface area contributed by atoms with E-state index >= 15 is 0 Å². The monoisotopic (exact) mass is 315 g/mol. The zero-order chi connectivity index (χ0) is 15.8. The van der Waals surface area contributed by atoms with Crippen LogP contribution in [0.2, 0.25) is 0 Å². The van der Waals surface area contributed by atoms with E-state index in [1.54, 1.807) is 12.3 Å². The van der Waals surface area contributed by atoms with E-state index in [1.165, 1.54) is 45.1 Å². The van der Waals surface area contributed by atoms with Crippen molar-refractivity contribution >= 4 is 11.8 Å². The summed E-state index contributed by atoms with van der Waals surface area (Å²) < 4.78 is 0. The van der Waals surface area contributed by atoms with Crippen molar-refractivity contribution in [2.45, 2.75) is 57.5 Å². The van der Waals surface area contributed by atoms with Gasteiger partial charge in [-0.1, -0.05) is 19.8 Å². The highest BCUT2D eigenvalue weighted by atomic mass is 15.3. The number of piperidine rings is 3. The Morgan fingerprint density at radius 1 is 1.26 bits per heavy atom. The van der Waals surface area contributed by atoms with E-state index in [2.05, 4.69) is 26.7 Å². The maximum atomic E-state index is 5.88. The molecule has 126 valence electrons. The fourth-order valence-electron chi connectivity index (χ4n) is 5.28. The lowest BCUT2D eigenvalue weighted by atomic mass is 9.71. The third kappa shape index (κ3) is 2.80. The number of hydrogen-bond acceptors (Lipinski definition) is 5. The van der Waals surface area contributed by atoms with Gasteiger partial charge in [0.2, 0.25) is 5.95 Å². The third-order valence-electron chi connectivity index (χ3n) is 6.15. The van der Waals surface area contributed by atoms with Crippen molar-refractivity contribution < 1.29 is 0 Å². The first-order chi connectivity index (χ1) is 11.3. The molecule has 1 aromatic rings. The van der Waals surface area contributed by atoms with E-state index in [-0.39, 0.29) is 0 Å². The van der Waals surface area contributed by atoms with Gasteiger partial charge in [0.1, 0.15) is 5.82 Å². The van der Waals surface area contributed by atoms with Crippen LogP contribution in [-0.4, -0.2) is 46.6 Å². The number of aromatic nitrogens is 2. The zero-order valence-electron chi connectivity index (χ0n) is 14.2. The lowest BCUT2D eigenvalue weighted by Gasteiger charge is -2.57. The predicted octanol–water partition coefficient (Wildman–Crippen LogP) is 2.54. The summed E-state index contributed by atoms with van der Waals surface area (Å²) in [6, 6.07) is 3.31. The normalized spacial score (nSPS) is 34.2. The first-order valence-corrected chi connectivity index (χ1v) is 9.35. The molecule has 4 heterocycles. The van der Waals surface area contributed by atoms with Gasteiger partial charge < -0.3 is 10.6 Å². The van der Waals surface area contributed by atoms with Gasteiger partial charge in [-0.2, -0.15) is 4.98 Å². The molecule has 3 aliphatic heterocycles. The topological polar surface area (TPSA) is 58.3 Å². The van der Waals surface area contributed by atoms with Gasteiger partial charge in [-0.05, 0) is 50.1 Å². The van der Waals surface area contributed by atoms with E-state index in [0.29, 0.717) is 5.82 Å². The molecule has 1 aromatic heterocycles. The highest BCUT2D eigenvalue weighted by Crippen LogP contribution is 2.42. The molecule has 5 nitrogen and oxygen atoms in total. The van der Waals surface area contributed by atoms with Crippen LogP contribution in [0, 0.1) is 11.8 Å². The summed E-state index contributed by atoms with van der Waals surface area (Å²) in [7, 11) is 0. The first kappa shape index (κ1) is 15.2. The van der Waals surface area contributed by atoms with Crippen molar-refractivity contribution in [3.63, 3.8) is 0 Å². The minimum Gasteiger partial charge on any atom is -0.384 e. The Morgan fingerprint density at radius 2 is 2.13 bits per heavy atom. The van der Waals surface area contributed by atoms with Crippen molar-refractivity contribution in [3.05, 3.63) is 12.3 Å². The SMILES string of the molecule is CCC[C@H]1[C@H]2C[C@H](CN(c3nccc(N)n3)C2)[C@@H]2CCCCN21. The second kappa shape index (κ2) is 6.27. The minimum atomic E-state index is 0.579. The maximum Gasteiger partial charge on any atom is 0.227 e. The number of rotatable bonds is 3. The largest absolute Gasteiger partial charge is 0.384 e. The van der Waals surface area contributed by atoms with Crippen LogP contribution in [0.25, 0.3) is 0 Å². The highest BCUT2D eigenvalue weighted by molar-refractivity contribution is 5.38. The van der Waals surface area contributed by atoms with Crippen molar-refractivity contribution in [3.8, 4) is 0 Å². The Morgan fingerprint density at radius 3 is 2.96 bits per heavy atom. The molecule has 2 bridgehead atoms. The summed E-state index contributed by atoms with van der Waals surface area (Å²) in [4.78, 5) is 14.2. The molecular formula is C18H29N5. The molecule has 2 N–H and O–H groups in total. The van der Waals surface area contributed by atoms with Gasteiger partial charge >= 0.3 is 0 Å². The van der Waals surface area contributed by atoms with E-state index in [4.69, 9.17) is 5.73 Å². The fraction of sp³-hybridized carbons (Fsp3) is 0.778. The Balaban J connectivity index is 1.60. The van der Waals surface area contributed by atoms with Crippen LogP contribution in [0.5, 0.6) is 0 Å². The second-order valence-electron chi connectivity index (χ2n) is 7.60. The number of anilines is 2. The van der Waals surface area contributed by atoms with Crippen LogP contribution < -0.4 is 10.6 Å². The van der Waals surface area contributed by atoms with Crippen molar-refractivity contribution in [2.24, 2.45) is 11.8 Å². The van der Waals surface area contributed by atoms with Crippen LogP contribution in [0.15, 0.2) is 12.3 Å². The molecule has 0 aliphatic carbocycles. The quantitative estimate of drug-likeness (QED) is 0.929. The second-order valence-corrected chi connectivity index (χ2v) is 7.60. The van der Waals surface area contributed by atoms with Crippen LogP contribution in [-0.2, 0) is 0 Å². The Hall–Kier alpha value is -1.36. The van der Waals surface area contributed by atoms with E-state index < -0.39 is 0 Å². The Bertz CT molecular complexity index is 548. The molecule has 0 saturated carbocycles. The van der Waals surface area contributed by atoms with Gasteiger partial charge in [0.25, 0.3) is 0 Å². The lowest BCUT2D eigenvalue weighted by Crippen LogP contribution is -2.63. The molecule has 0 aromatic carbocycles. The minimum absolute atomic E-state index is 0.579. The Kier molecular flexibility index (Phi) is 4.14. The van der Waals surface area contributed by atoms with Crippen molar-refractivity contribution in [1.82, 2.24) is 14.9 Å². The molecule has 23 heavy (non-hydrogen) atoms. The van der Waals surface area contributed by atoms with Gasteiger partial charge in [0.15, 0.2) is 0 Å². The van der Waals surface area contributed by atoms with Gasteiger partial charge in [0, 0.05) is 31.4 Å².